The molecule has 0 spiro atoms. The Morgan fingerprint density at radius 2 is 2.06 bits per heavy atom. The minimum Gasteiger partial charge on any atom is -0.282 e. The van der Waals surface area contributed by atoms with Gasteiger partial charge in [0.15, 0.2) is 10.8 Å². The van der Waals surface area contributed by atoms with E-state index in [9.17, 15) is 0 Å². The van der Waals surface area contributed by atoms with Gasteiger partial charge >= 0.3 is 0 Å². The summed E-state index contributed by atoms with van der Waals surface area (Å²) >= 11 is 5.98. The summed E-state index contributed by atoms with van der Waals surface area (Å²) in [6, 6.07) is 0. The first-order chi connectivity index (χ1) is 8.34. The molecule has 0 radical (unpaired) electrons. The van der Waals surface area contributed by atoms with Crippen molar-refractivity contribution in [3.8, 4) is 0 Å². The molecule has 0 unspecified atom stereocenters. The van der Waals surface area contributed by atoms with Crippen molar-refractivity contribution >= 4 is 17.2 Å². The molecular formula is C12H15ClN4. The van der Waals surface area contributed by atoms with Crippen molar-refractivity contribution in [1.29, 1.82) is 0 Å². The zero-order valence-electron chi connectivity index (χ0n) is 9.64. The Morgan fingerprint density at radius 3 is 2.88 bits per heavy atom. The van der Waals surface area contributed by atoms with Crippen LogP contribution >= 0.6 is 11.6 Å². The van der Waals surface area contributed by atoms with E-state index in [1.165, 1.54) is 32.1 Å². The van der Waals surface area contributed by atoms with Gasteiger partial charge in [-0.3, -0.25) is 4.40 Å². The maximum absolute atomic E-state index is 5.98. The van der Waals surface area contributed by atoms with Crippen LogP contribution in [0.25, 0.3) is 5.65 Å². The van der Waals surface area contributed by atoms with E-state index >= 15 is 0 Å². The van der Waals surface area contributed by atoms with Crippen molar-refractivity contribution in [2.24, 2.45) is 5.92 Å². The zero-order valence-corrected chi connectivity index (χ0v) is 10.4. The van der Waals surface area contributed by atoms with Crippen molar-refractivity contribution in [2.75, 3.05) is 0 Å². The van der Waals surface area contributed by atoms with Crippen LogP contribution < -0.4 is 0 Å². The number of halogens is 1. The molecule has 0 aromatic carbocycles. The van der Waals surface area contributed by atoms with Gasteiger partial charge in [0.25, 0.3) is 0 Å². The van der Waals surface area contributed by atoms with Gasteiger partial charge in [-0.15, -0.1) is 10.2 Å². The highest BCUT2D eigenvalue weighted by molar-refractivity contribution is 6.32. The van der Waals surface area contributed by atoms with E-state index in [4.69, 9.17) is 11.6 Å². The molecule has 2 heterocycles. The van der Waals surface area contributed by atoms with E-state index in [-0.39, 0.29) is 0 Å². The molecule has 1 fully saturated rings. The third-order valence-electron chi connectivity index (χ3n) is 3.55. The zero-order chi connectivity index (χ0) is 11.7. The van der Waals surface area contributed by atoms with Gasteiger partial charge in [0, 0.05) is 18.8 Å². The number of rotatable bonds is 2. The molecular weight excluding hydrogens is 236 g/mol. The normalized spacial score (nSPS) is 17.7. The van der Waals surface area contributed by atoms with Gasteiger partial charge in [-0.2, -0.15) is 0 Å². The summed E-state index contributed by atoms with van der Waals surface area (Å²) in [6.07, 6.45) is 11.3. The van der Waals surface area contributed by atoms with E-state index < -0.39 is 0 Å². The van der Waals surface area contributed by atoms with Crippen molar-refractivity contribution in [3.05, 3.63) is 23.4 Å². The monoisotopic (exact) mass is 250 g/mol. The number of hydrogen-bond donors (Lipinski definition) is 0. The molecule has 90 valence electrons. The summed E-state index contributed by atoms with van der Waals surface area (Å²) in [4.78, 5) is 4.01. The highest BCUT2D eigenvalue weighted by Gasteiger charge is 2.17. The molecule has 0 amide bonds. The molecule has 17 heavy (non-hydrogen) atoms. The molecule has 2 aromatic rings. The van der Waals surface area contributed by atoms with Crippen molar-refractivity contribution in [1.82, 2.24) is 19.6 Å². The van der Waals surface area contributed by atoms with Crippen LogP contribution in [0.3, 0.4) is 0 Å². The quantitative estimate of drug-likeness (QED) is 0.823. The first-order valence-electron chi connectivity index (χ1n) is 6.19. The first kappa shape index (κ1) is 11.0. The highest BCUT2D eigenvalue weighted by atomic mass is 35.5. The lowest BCUT2D eigenvalue weighted by molar-refractivity contribution is 0.351. The molecule has 4 nitrogen and oxygen atoms in total. The van der Waals surface area contributed by atoms with E-state index in [0.29, 0.717) is 10.8 Å². The Kier molecular flexibility index (Phi) is 2.97. The van der Waals surface area contributed by atoms with E-state index in [1.807, 2.05) is 10.6 Å². The van der Waals surface area contributed by atoms with Gasteiger partial charge in [0.1, 0.15) is 5.82 Å². The van der Waals surface area contributed by atoms with Gasteiger partial charge in [-0.05, 0) is 5.92 Å². The first-order valence-corrected chi connectivity index (χ1v) is 6.56. The number of aromatic nitrogens is 4. The van der Waals surface area contributed by atoms with Crippen LogP contribution in [0.15, 0.2) is 12.4 Å². The lowest BCUT2D eigenvalue weighted by Crippen LogP contribution is -2.11. The molecule has 3 rings (SSSR count). The summed E-state index contributed by atoms with van der Waals surface area (Å²) in [7, 11) is 0. The lowest BCUT2D eigenvalue weighted by atomic mass is 9.87. The average molecular weight is 251 g/mol. The van der Waals surface area contributed by atoms with Crippen molar-refractivity contribution in [2.45, 2.75) is 38.5 Å². The largest absolute Gasteiger partial charge is 0.282 e. The second-order valence-electron chi connectivity index (χ2n) is 4.74. The molecule has 2 aromatic heterocycles. The van der Waals surface area contributed by atoms with Gasteiger partial charge in [0.2, 0.25) is 0 Å². The Hall–Kier alpha value is -1.16. The van der Waals surface area contributed by atoms with Gasteiger partial charge < -0.3 is 0 Å². The minimum absolute atomic E-state index is 0.426. The summed E-state index contributed by atoms with van der Waals surface area (Å²) in [6.45, 7) is 0. The Morgan fingerprint density at radius 1 is 1.24 bits per heavy atom. The lowest BCUT2D eigenvalue weighted by Gasteiger charge is -2.20. The van der Waals surface area contributed by atoms with Crippen molar-refractivity contribution in [3.63, 3.8) is 0 Å². The van der Waals surface area contributed by atoms with E-state index in [0.717, 1.165) is 18.2 Å². The van der Waals surface area contributed by atoms with Gasteiger partial charge in [-0.25, -0.2) is 4.98 Å². The Labute approximate surface area is 105 Å². The maximum Gasteiger partial charge on any atom is 0.198 e. The van der Waals surface area contributed by atoms with Crippen LogP contribution in [0.4, 0.5) is 0 Å². The number of hydrogen-bond acceptors (Lipinski definition) is 3. The standard InChI is InChI=1S/C12H15ClN4/c13-11-12-16-15-10(17(12)7-6-14-11)8-9-4-2-1-3-5-9/h6-7,9H,1-5,8H2. The van der Waals surface area contributed by atoms with E-state index in [1.54, 1.807) is 6.20 Å². The SMILES string of the molecule is Clc1nccn2c(CC3CCCCC3)nnc12. The summed E-state index contributed by atoms with van der Waals surface area (Å²) in [5.41, 5.74) is 0.667. The molecule has 1 aliphatic rings. The fraction of sp³-hybridized carbons (Fsp3) is 0.583. The van der Waals surface area contributed by atoms with Crippen LogP contribution in [-0.2, 0) is 6.42 Å². The fourth-order valence-corrected chi connectivity index (χ4v) is 2.82. The third kappa shape index (κ3) is 2.14. The predicted molar refractivity (Wildman–Crippen MR) is 66.1 cm³/mol. The summed E-state index contributed by atoms with van der Waals surface area (Å²) < 4.78 is 1.96. The molecule has 5 heteroatoms. The summed E-state index contributed by atoms with van der Waals surface area (Å²) in [5, 5.41) is 8.77. The Balaban J connectivity index is 1.87. The molecule has 1 aliphatic carbocycles. The maximum atomic E-state index is 5.98. The van der Waals surface area contributed by atoms with Gasteiger partial charge in [0.05, 0.1) is 0 Å². The molecule has 0 atom stereocenters. The number of fused-ring (bicyclic) bond motifs is 1. The minimum atomic E-state index is 0.426. The fourth-order valence-electron chi connectivity index (χ4n) is 2.63. The van der Waals surface area contributed by atoms with Crippen LogP contribution in [-0.4, -0.2) is 19.6 Å². The second kappa shape index (κ2) is 4.61. The molecule has 1 saturated carbocycles. The smallest absolute Gasteiger partial charge is 0.198 e. The van der Waals surface area contributed by atoms with Crippen LogP contribution in [0.2, 0.25) is 5.15 Å². The highest BCUT2D eigenvalue weighted by Crippen LogP contribution is 2.26. The molecule has 0 N–H and O–H groups in total. The predicted octanol–water partition coefficient (Wildman–Crippen LogP) is 2.90. The van der Waals surface area contributed by atoms with Crippen LogP contribution in [0.1, 0.15) is 37.9 Å². The second-order valence-corrected chi connectivity index (χ2v) is 5.09. The molecule has 0 aliphatic heterocycles. The van der Waals surface area contributed by atoms with Crippen molar-refractivity contribution < 1.29 is 0 Å². The van der Waals surface area contributed by atoms with Crippen LogP contribution in [0, 0.1) is 5.92 Å². The van der Waals surface area contributed by atoms with Crippen LogP contribution in [0.5, 0.6) is 0 Å². The molecule has 0 saturated heterocycles. The average Bonchev–Trinajstić information content (AvgIpc) is 2.76. The topological polar surface area (TPSA) is 43.1 Å². The Bertz CT molecular complexity index is 516. The summed E-state index contributed by atoms with van der Waals surface area (Å²) in [5.74, 6) is 1.76. The van der Waals surface area contributed by atoms with E-state index in [2.05, 4.69) is 15.2 Å². The number of nitrogens with zero attached hydrogens (tertiary/aromatic N) is 4. The van der Waals surface area contributed by atoms with Gasteiger partial charge in [-0.1, -0.05) is 43.7 Å². The third-order valence-corrected chi connectivity index (χ3v) is 3.82. The molecule has 0 bridgehead atoms.